The zero-order chi connectivity index (χ0) is 21.6. The standard InChI is InChI=1S/C24H19N3O3S/c25-13-16-7-9-17(10-8-16)15-30-24(29)21(27-23(28)22-6-3-11-31-22)12-18-14-26-20-5-2-1-4-19(18)20/h1-11,14,21,26H,12,15H2,(H,27,28)/t21-/m1/s1. The number of para-hydroxylation sites is 1. The molecule has 154 valence electrons. The van der Waals surface area contributed by atoms with Crippen molar-refractivity contribution in [2.45, 2.75) is 19.1 Å². The number of thiophene rings is 1. The Balaban J connectivity index is 1.51. The Bertz CT molecular complexity index is 1240. The van der Waals surface area contributed by atoms with Crippen LogP contribution in [0.15, 0.2) is 72.2 Å². The summed E-state index contributed by atoms with van der Waals surface area (Å²) in [5, 5.41) is 14.5. The third-order valence-electron chi connectivity index (χ3n) is 4.90. The molecule has 2 aromatic heterocycles. The van der Waals surface area contributed by atoms with Crippen LogP contribution in [0.2, 0.25) is 0 Å². The van der Waals surface area contributed by atoms with E-state index in [9.17, 15) is 9.59 Å². The van der Waals surface area contributed by atoms with Crippen molar-refractivity contribution >= 4 is 34.1 Å². The molecule has 0 saturated heterocycles. The van der Waals surface area contributed by atoms with Gasteiger partial charge in [0.25, 0.3) is 5.91 Å². The lowest BCUT2D eigenvalue weighted by Crippen LogP contribution is -2.43. The number of aromatic nitrogens is 1. The lowest BCUT2D eigenvalue weighted by atomic mass is 10.0. The number of rotatable bonds is 7. The van der Waals surface area contributed by atoms with Gasteiger partial charge in [-0.2, -0.15) is 5.26 Å². The fourth-order valence-electron chi connectivity index (χ4n) is 3.28. The van der Waals surface area contributed by atoms with E-state index in [1.54, 1.807) is 36.4 Å². The van der Waals surface area contributed by atoms with Crippen molar-refractivity contribution in [3.8, 4) is 6.07 Å². The van der Waals surface area contributed by atoms with Gasteiger partial charge in [0, 0.05) is 23.5 Å². The van der Waals surface area contributed by atoms with Crippen LogP contribution < -0.4 is 5.32 Å². The summed E-state index contributed by atoms with van der Waals surface area (Å²) in [7, 11) is 0. The topological polar surface area (TPSA) is 95.0 Å². The minimum absolute atomic E-state index is 0.0593. The van der Waals surface area contributed by atoms with E-state index in [1.807, 2.05) is 35.8 Å². The van der Waals surface area contributed by atoms with Gasteiger partial charge in [0.1, 0.15) is 12.6 Å². The average molecular weight is 430 g/mol. The fourth-order valence-corrected chi connectivity index (χ4v) is 3.91. The Labute approximate surface area is 183 Å². The van der Waals surface area contributed by atoms with E-state index in [4.69, 9.17) is 10.00 Å². The Kier molecular flexibility index (Phi) is 6.11. The van der Waals surface area contributed by atoms with Gasteiger partial charge in [0.15, 0.2) is 0 Å². The number of nitrogens with one attached hydrogen (secondary N) is 2. The van der Waals surface area contributed by atoms with Gasteiger partial charge in [-0.15, -0.1) is 11.3 Å². The Morgan fingerprint density at radius 2 is 1.90 bits per heavy atom. The quantitative estimate of drug-likeness (QED) is 0.431. The van der Waals surface area contributed by atoms with E-state index in [1.165, 1.54) is 11.3 Å². The van der Waals surface area contributed by atoms with Gasteiger partial charge in [-0.3, -0.25) is 4.79 Å². The minimum atomic E-state index is -0.841. The summed E-state index contributed by atoms with van der Waals surface area (Å²) in [5.74, 6) is -0.824. The first kappa shape index (κ1) is 20.4. The highest BCUT2D eigenvalue weighted by atomic mass is 32.1. The molecule has 0 bridgehead atoms. The van der Waals surface area contributed by atoms with E-state index >= 15 is 0 Å². The molecule has 0 aliphatic carbocycles. The zero-order valence-corrected chi connectivity index (χ0v) is 17.3. The van der Waals surface area contributed by atoms with Crippen LogP contribution >= 0.6 is 11.3 Å². The van der Waals surface area contributed by atoms with Gasteiger partial charge in [0.05, 0.1) is 16.5 Å². The number of hydrogen-bond donors (Lipinski definition) is 2. The molecular formula is C24H19N3O3S. The Hall–Kier alpha value is -3.89. The summed E-state index contributed by atoms with van der Waals surface area (Å²) in [5.41, 5.74) is 3.19. The van der Waals surface area contributed by atoms with Gasteiger partial charge in [-0.25, -0.2) is 4.79 Å². The molecule has 4 aromatic rings. The summed E-state index contributed by atoms with van der Waals surface area (Å²) >= 11 is 1.31. The summed E-state index contributed by atoms with van der Waals surface area (Å²) in [4.78, 5) is 29.2. The van der Waals surface area contributed by atoms with Gasteiger partial charge in [-0.05, 0) is 40.8 Å². The molecule has 0 fully saturated rings. The van der Waals surface area contributed by atoms with E-state index in [-0.39, 0.29) is 12.5 Å². The molecule has 31 heavy (non-hydrogen) atoms. The van der Waals surface area contributed by atoms with Crippen LogP contribution in [0.3, 0.4) is 0 Å². The number of fused-ring (bicyclic) bond motifs is 1. The SMILES string of the molecule is N#Cc1ccc(COC(=O)[C@@H](Cc2c[nH]c3ccccc23)NC(=O)c2cccs2)cc1. The van der Waals surface area contributed by atoms with Gasteiger partial charge >= 0.3 is 5.97 Å². The second kappa shape index (κ2) is 9.28. The lowest BCUT2D eigenvalue weighted by molar-refractivity contribution is -0.147. The number of nitriles is 1. The predicted octanol–water partition coefficient (Wildman–Crippen LogP) is 4.19. The van der Waals surface area contributed by atoms with E-state index in [2.05, 4.69) is 16.4 Å². The van der Waals surface area contributed by atoms with E-state index in [0.29, 0.717) is 16.9 Å². The normalized spacial score (nSPS) is 11.6. The van der Waals surface area contributed by atoms with Crippen LogP contribution in [0, 0.1) is 11.3 Å². The summed E-state index contributed by atoms with van der Waals surface area (Å²) in [6.45, 7) is 0.0593. The van der Waals surface area contributed by atoms with Gasteiger partial charge in [0.2, 0.25) is 0 Å². The molecule has 2 aromatic carbocycles. The molecule has 4 rings (SSSR count). The van der Waals surface area contributed by atoms with Crippen LogP contribution in [0.4, 0.5) is 0 Å². The minimum Gasteiger partial charge on any atom is -0.459 e. The number of esters is 1. The molecule has 2 N–H and O–H groups in total. The van der Waals surface area contributed by atoms with Crippen LogP contribution in [0.25, 0.3) is 10.9 Å². The first-order valence-electron chi connectivity index (χ1n) is 9.69. The first-order chi connectivity index (χ1) is 15.1. The third kappa shape index (κ3) is 4.82. The molecule has 1 atom stereocenters. The molecule has 1 amide bonds. The molecule has 2 heterocycles. The number of carbonyl (C=O) groups is 2. The molecule has 0 radical (unpaired) electrons. The van der Waals surface area contributed by atoms with Crippen molar-refractivity contribution in [3.63, 3.8) is 0 Å². The number of H-pyrrole nitrogens is 1. The van der Waals surface area contributed by atoms with E-state index < -0.39 is 12.0 Å². The van der Waals surface area contributed by atoms with Gasteiger partial charge in [-0.1, -0.05) is 36.4 Å². The highest BCUT2D eigenvalue weighted by Crippen LogP contribution is 2.20. The molecule has 6 nitrogen and oxygen atoms in total. The largest absolute Gasteiger partial charge is 0.459 e. The second-order valence-corrected chi connectivity index (χ2v) is 7.93. The van der Waals surface area contributed by atoms with E-state index in [0.717, 1.165) is 22.0 Å². The van der Waals surface area contributed by atoms with Crippen molar-refractivity contribution in [1.82, 2.24) is 10.3 Å². The van der Waals surface area contributed by atoms with Crippen LogP contribution in [-0.2, 0) is 22.6 Å². The highest BCUT2D eigenvalue weighted by Gasteiger charge is 2.25. The molecule has 0 aliphatic rings. The van der Waals surface area contributed by atoms with Crippen molar-refractivity contribution in [1.29, 1.82) is 5.26 Å². The van der Waals surface area contributed by atoms with Crippen molar-refractivity contribution in [2.24, 2.45) is 0 Å². The second-order valence-electron chi connectivity index (χ2n) is 6.98. The fraction of sp³-hybridized carbons (Fsp3) is 0.125. The van der Waals surface area contributed by atoms with Gasteiger partial charge < -0.3 is 15.0 Å². The Morgan fingerprint density at radius 1 is 1.10 bits per heavy atom. The first-order valence-corrected chi connectivity index (χ1v) is 10.6. The number of carbonyl (C=O) groups excluding carboxylic acids is 2. The number of amides is 1. The van der Waals surface area contributed by atoms with Crippen LogP contribution in [0.1, 0.15) is 26.4 Å². The van der Waals surface area contributed by atoms with Crippen molar-refractivity contribution < 1.29 is 14.3 Å². The summed E-state index contributed by atoms with van der Waals surface area (Å²) in [6.07, 6.45) is 2.15. The van der Waals surface area contributed by atoms with Crippen molar-refractivity contribution in [3.05, 3.63) is 93.8 Å². The molecule has 0 aliphatic heterocycles. The molecule has 0 spiro atoms. The maximum atomic E-state index is 12.9. The van der Waals surface area contributed by atoms with Crippen molar-refractivity contribution in [2.75, 3.05) is 0 Å². The molecular weight excluding hydrogens is 410 g/mol. The average Bonchev–Trinajstić information content (AvgIpc) is 3.48. The Morgan fingerprint density at radius 3 is 2.65 bits per heavy atom. The molecule has 7 heteroatoms. The van der Waals surface area contributed by atoms with Crippen LogP contribution in [0.5, 0.6) is 0 Å². The zero-order valence-electron chi connectivity index (χ0n) is 16.5. The lowest BCUT2D eigenvalue weighted by Gasteiger charge is -2.17. The monoisotopic (exact) mass is 429 g/mol. The molecule has 0 unspecified atom stereocenters. The third-order valence-corrected chi connectivity index (χ3v) is 5.77. The number of hydrogen-bond acceptors (Lipinski definition) is 5. The number of ether oxygens (including phenoxy) is 1. The molecule has 0 saturated carbocycles. The summed E-state index contributed by atoms with van der Waals surface area (Å²) in [6, 6.07) is 19.3. The summed E-state index contributed by atoms with van der Waals surface area (Å²) < 4.78 is 5.50. The smallest absolute Gasteiger partial charge is 0.329 e. The maximum Gasteiger partial charge on any atom is 0.329 e. The number of aromatic amines is 1. The van der Waals surface area contributed by atoms with Crippen LogP contribution in [-0.4, -0.2) is 22.9 Å². The highest BCUT2D eigenvalue weighted by molar-refractivity contribution is 7.12. The maximum absolute atomic E-state index is 12.9. The predicted molar refractivity (Wildman–Crippen MR) is 119 cm³/mol. The number of benzene rings is 2. The number of nitrogens with zero attached hydrogens (tertiary/aromatic N) is 1.